The lowest BCUT2D eigenvalue weighted by Crippen LogP contribution is -2.18. The molecule has 106 valence electrons. The molecule has 0 N–H and O–H groups in total. The highest BCUT2D eigenvalue weighted by atomic mass is 16.5. The van der Waals surface area contributed by atoms with Crippen molar-refractivity contribution >= 4 is 11.9 Å². The van der Waals surface area contributed by atoms with Crippen LogP contribution < -0.4 is 0 Å². The van der Waals surface area contributed by atoms with Crippen molar-refractivity contribution in [2.75, 3.05) is 13.2 Å². The van der Waals surface area contributed by atoms with E-state index >= 15 is 0 Å². The van der Waals surface area contributed by atoms with Gasteiger partial charge in [-0.1, -0.05) is 34.6 Å². The number of rotatable bonds is 7. The zero-order valence-corrected chi connectivity index (χ0v) is 12.2. The zero-order valence-electron chi connectivity index (χ0n) is 12.2. The van der Waals surface area contributed by atoms with E-state index < -0.39 is 0 Å². The minimum atomic E-state index is -0.249. The Bertz CT molecular complexity index is 263. The Labute approximate surface area is 110 Å². The van der Waals surface area contributed by atoms with Gasteiger partial charge in [-0.15, -0.1) is 0 Å². The first-order valence-electron chi connectivity index (χ1n) is 6.52. The van der Waals surface area contributed by atoms with Crippen molar-refractivity contribution in [3.8, 4) is 0 Å². The molecular weight excluding hydrogens is 232 g/mol. The number of hydrogen-bond donors (Lipinski definition) is 0. The van der Waals surface area contributed by atoms with Crippen molar-refractivity contribution in [3.05, 3.63) is 0 Å². The first kappa shape index (κ1) is 16.9. The van der Waals surface area contributed by atoms with Gasteiger partial charge in [0.2, 0.25) is 0 Å². The fourth-order valence-electron chi connectivity index (χ4n) is 1.08. The maximum atomic E-state index is 11.4. The lowest BCUT2D eigenvalue weighted by Gasteiger charge is -2.17. The third-order valence-corrected chi connectivity index (χ3v) is 2.01. The summed E-state index contributed by atoms with van der Waals surface area (Å²) < 4.78 is 10.1. The SMILES string of the molecule is CC(C)COC(=O)CCCC(=O)OCC(C)(C)C. The Hall–Kier alpha value is -1.06. The Morgan fingerprint density at radius 2 is 1.50 bits per heavy atom. The average Bonchev–Trinajstić information content (AvgIpc) is 2.22. The van der Waals surface area contributed by atoms with Crippen LogP contribution in [0.25, 0.3) is 0 Å². The van der Waals surface area contributed by atoms with Crippen LogP contribution in [0.2, 0.25) is 0 Å². The minimum absolute atomic E-state index is 0.0220. The van der Waals surface area contributed by atoms with Crippen LogP contribution >= 0.6 is 0 Å². The van der Waals surface area contributed by atoms with E-state index in [2.05, 4.69) is 0 Å². The lowest BCUT2D eigenvalue weighted by atomic mass is 9.99. The van der Waals surface area contributed by atoms with Gasteiger partial charge >= 0.3 is 11.9 Å². The van der Waals surface area contributed by atoms with Gasteiger partial charge in [-0.05, 0) is 17.8 Å². The standard InChI is InChI=1S/C14H26O4/c1-11(2)9-17-12(15)7-6-8-13(16)18-10-14(3,4)5/h11H,6-10H2,1-5H3. The topological polar surface area (TPSA) is 52.6 Å². The van der Waals surface area contributed by atoms with Crippen LogP contribution in [0, 0.1) is 11.3 Å². The molecule has 0 fully saturated rings. The summed E-state index contributed by atoms with van der Waals surface area (Å²) >= 11 is 0. The highest BCUT2D eigenvalue weighted by Gasteiger charge is 2.14. The fraction of sp³-hybridized carbons (Fsp3) is 0.857. The molecule has 0 aromatic carbocycles. The second-order valence-corrected chi connectivity index (χ2v) is 6.15. The fourth-order valence-corrected chi connectivity index (χ4v) is 1.08. The second-order valence-electron chi connectivity index (χ2n) is 6.15. The third kappa shape index (κ3) is 11.4. The van der Waals surface area contributed by atoms with Crippen molar-refractivity contribution in [1.82, 2.24) is 0 Å². The molecule has 0 saturated heterocycles. The molecule has 0 aliphatic carbocycles. The van der Waals surface area contributed by atoms with E-state index in [4.69, 9.17) is 9.47 Å². The molecule has 0 aromatic heterocycles. The summed E-state index contributed by atoms with van der Waals surface area (Å²) in [7, 11) is 0. The molecule has 4 heteroatoms. The number of carbonyl (C=O) groups is 2. The lowest BCUT2D eigenvalue weighted by molar-refractivity contribution is -0.147. The van der Waals surface area contributed by atoms with Crippen LogP contribution in [-0.2, 0) is 19.1 Å². The molecule has 0 unspecified atom stereocenters. The molecular formula is C14H26O4. The van der Waals surface area contributed by atoms with Crippen molar-refractivity contribution in [3.63, 3.8) is 0 Å². The third-order valence-electron chi connectivity index (χ3n) is 2.01. The number of hydrogen-bond acceptors (Lipinski definition) is 4. The van der Waals surface area contributed by atoms with Gasteiger partial charge in [0, 0.05) is 12.8 Å². The molecule has 0 radical (unpaired) electrons. The summed E-state index contributed by atoms with van der Waals surface area (Å²) in [5, 5.41) is 0. The van der Waals surface area contributed by atoms with Crippen LogP contribution in [0.4, 0.5) is 0 Å². The van der Waals surface area contributed by atoms with Crippen LogP contribution in [0.3, 0.4) is 0 Å². The van der Waals surface area contributed by atoms with E-state index in [-0.39, 0.29) is 30.2 Å². The van der Waals surface area contributed by atoms with Crippen molar-refractivity contribution in [1.29, 1.82) is 0 Å². The highest BCUT2D eigenvalue weighted by Crippen LogP contribution is 2.13. The summed E-state index contributed by atoms with van der Waals surface area (Å²) in [5.41, 5.74) is -0.0220. The molecule has 0 amide bonds. The Kier molecular flexibility index (Phi) is 7.64. The summed E-state index contributed by atoms with van der Waals surface area (Å²) in [6.07, 6.45) is 1.03. The van der Waals surface area contributed by atoms with E-state index in [9.17, 15) is 9.59 Å². The van der Waals surface area contributed by atoms with Crippen LogP contribution in [0.5, 0.6) is 0 Å². The van der Waals surface area contributed by atoms with Crippen molar-refractivity contribution in [2.24, 2.45) is 11.3 Å². The molecule has 0 aliphatic rings. The van der Waals surface area contributed by atoms with Gasteiger partial charge in [0.25, 0.3) is 0 Å². The normalized spacial score (nSPS) is 11.4. The van der Waals surface area contributed by atoms with Gasteiger partial charge in [0.15, 0.2) is 0 Å². The monoisotopic (exact) mass is 258 g/mol. The van der Waals surface area contributed by atoms with Crippen LogP contribution in [0.1, 0.15) is 53.9 Å². The quantitative estimate of drug-likeness (QED) is 0.659. The molecule has 0 aromatic rings. The Balaban J connectivity index is 3.59. The van der Waals surface area contributed by atoms with Gasteiger partial charge in [-0.2, -0.15) is 0 Å². The minimum Gasteiger partial charge on any atom is -0.465 e. The molecule has 0 rings (SSSR count). The summed E-state index contributed by atoms with van der Waals surface area (Å²) in [4.78, 5) is 22.6. The predicted molar refractivity (Wildman–Crippen MR) is 70.1 cm³/mol. The Morgan fingerprint density at radius 1 is 1.00 bits per heavy atom. The second kappa shape index (κ2) is 8.11. The van der Waals surface area contributed by atoms with Crippen molar-refractivity contribution in [2.45, 2.75) is 53.9 Å². The van der Waals surface area contributed by atoms with E-state index in [0.29, 0.717) is 25.6 Å². The molecule has 0 aliphatic heterocycles. The molecule has 0 bridgehead atoms. The van der Waals surface area contributed by atoms with Crippen LogP contribution in [0.15, 0.2) is 0 Å². The molecule has 18 heavy (non-hydrogen) atoms. The number of esters is 2. The maximum absolute atomic E-state index is 11.4. The maximum Gasteiger partial charge on any atom is 0.305 e. The molecule has 0 saturated carbocycles. The molecule has 0 heterocycles. The van der Waals surface area contributed by atoms with Gasteiger partial charge in [-0.3, -0.25) is 9.59 Å². The summed E-state index contributed by atoms with van der Waals surface area (Å²) in [5.74, 6) is -0.153. The van der Waals surface area contributed by atoms with Gasteiger partial charge < -0.3 is 9.47 Å². The van der Waals surface area contributed by atoms with E-state index in [1.165, 1.54) is 0 Å². The average molecular weight is 258 g/mol. The van der Waals surface area contributed by atoms with Crippen molar-refractivity contribution < 1.29 is 19.1 Å². The highest BCUT2D eigenvalue weighted by molar-refractivity contribution is 5.72. The first-order chi connectivity index (χ1) is 8.20. The van der Waals surface area contributed by atoms with Gasteiger partial charge in [0.05, 0.1) is 13.2 Å². The predicted octanol–water partition coefficient (Wildman–Crippen LogP) is 2.95. The summed E-state index contributed by atoms with van der Waals surface area (Å²) in [6, 6.07) is 0. The molecule has 0 spiro atoms. The van der Waals surface area contributed by atoms with Gasteiger partial charge in [0.1, 0.15) is 0 Å². The Morgan fingerprint density at radius 3 is 1.94 bits per heavy atom. The molecule has 0 atom stereocenters. The molecule has 4 nitrogen and oxygen atoms in total. The van der Waals surface area contributed by atoms with E-state index in [0.717, 1.165) is 0 Å². The summed E-state index contributed by atoms with van der Waals surface area (Å²) in [6.45, 7) is 10.8. The van der Waals surface area contributed by atoms with Gasteiger partial charge in [-0.25, -0.2) is 0 Å². The number of carbonyl (C=O) groups excluding carboxylic acids is 2. The van der Waals surface area contributed by atoms with E-state index in [1.807, 2.05) is 34.6 Å². The first-order valence-corrected chi connectivity index (χ1v) is 6.52. The number of ether oxygens (including phenoxy) is 2. The smallest absolute Gasteiger partial charge is 0.305 e. The van der Waals surface area contributed by atoms with Crippen LogP contribution in [-0.4, -0.2) is 25.2 Å². The zero-order chi connectivity index (χ0) is 14.2. The van der Waals surface area contributed by atoms with E-state index in [1.54, 1.807) is 0 Å². The largest absolute Gasteiger partial charge is 0.465 e.